The van der Waals surface area contributed by atoms with Crippen molar-refractivity contribution in [3.63, 3.8) is 0 Å². The molecule has 9 heteroatoms. The predicted octanol–water partition coefficient (Wildman–Crippen LogP) is 6.07. The van der Waals surface area contributed by atoms with Gasteiger partial charge in [-0.15, -0.1) is 0 Å². The molecular weight excluding hydrogens is 474 g/mol. The average molecular weight is 507 g/mol. The highest BCUT2D eigenvalue weighted by Gasteiger charge is 2.21. The van der Waals surface area contributed by atoms with Gasteiger partial charge in [-0.1, -0.05) is 18.7 Å². The summed E-state index contributed by atoms with van der Waals surface area (Å²) in [6, 6.07) is 8.71. The third-order valence-corrected chi connectivity index (χ3v) is 3.65. The lowest BCUT2D eigenvalue weighted by atomic mass is 10.1. The minimum atomic E-state index is -0.645. The van der Waals surface area contributed by atoms with Gasteiger partial charge in [0.15, 0.2) is 0 Å². The standard InChI is InChI=1S/C13H16O3.C12H14O4.H3P2/c1-5-9-6-7-11(14)10(8-9)12(15)16-13(2,3)4;1-12(2,3)16-11(15)9-6-8(7-13)4-5-10(9)14;1-2/h5-8,14H,1H2,2-4H3;4-7,14H,1-3H3;1H,2H2/q;;-1. The molecule has 0 amide bonds. The Morgan fingerprint density at radius 1 is 0.824 bits per heavy atom. The molecule has 0 aliphatic heterocycles. The molecule has 34 heavy (non-hydrogen) atoms. The Bertz CT molecular complexity index is 922. The van der Waals surface area contributed by atoms with Gasteiger partial charge >= 0.3 is 11.9 Å². The molecule has 2 N–H and O–H groups in total. The SMILES string of the molecule is C=Cc1ccc(O)c(C(=O)OC(C)(C)C)c1.CC(C)(C)OC(=O)c1cc(C=O)ccc1O.[PH-]P. The highest BCUT2D eigenvalue weighted by molar-refractivity contribution is 7.92. The number of aromatic hydroxyl groups is 2. The van der Waals surface area contributed by atoms with Crippen LogP contribution in [0.5, 0.6) is 11.5 Å². The summed E-state index contributed by atoms with van der Waals surface area (Å²) in [4.78, 5) is 33.9. The first kappa shape index (κ1) is 31.2. The summed E-state index contributed by atoms with van der Waals surface area (Å²) in [6.45, 7) is 14.1. The lowest BCUT2D eigenvalue weighted by Gasteiger charge is -2.19. The smallest absolute Gasteiger partial charge is 0.342 e. The van der Waals surface area contributed by atoms with Crippen LogP contribution in [0.1, 0.15) is 78.2 Å². The van der Waals surface area contributed by atoms with E-state index in [4.69, 9.17) is 9.47 Å². The Morgan fingerprint density at radius 3 is 1.50 bits per heavy atom. The summed E-state index contributed by atoms with van der Waals surface area (Å²) < 4.78 is 10.3. The van der Waals surface area contributed by atoms with Crippen LogP contribution in [-0.2, 0) is 9.47 Å². The average Bonchev–Trinajstić information content (AvgIpc) is 2.74. The maximum atomic E-state index is 11.7. The van der Waals surface area contributed by atoms with E-state index in [1.807, 2.05) is 0 Å². The van der Waals surface area contributed by atoms with Crippen molar-refractivity contribution in [2.24, 2.45) is 0 Å². The van der Waals surface area contributed by atoms with Crippen LogP contribution >= 0.6 is 17.9 Å². The van der Waals surface area contributed by atoms with Crippen molar-refractivity contribution in [3.8, 4) is 11.5 Å². The number of benzene rings is 2. The van der Waals surface area contributed by atoms with Crippen molar-refractivity contribution >= 4 is 42.2 Å². The van der Waals surface area contributed by atoms with Crippen LogP contribution < -0.4 is 0 Å². The number of carbonyl (C=O) groups is 3. The summed E-state index contributed by atoms with van der Waals surface area (Å²) in [6.07, 6.45) is 2.21. The van der Waals surface area contributed by atoms with Crippen molar-refractivity contribution < 1.29 is 34.1 Å². The lowest BCUT2D eigenvalue weighted by molar-refractivity contribution is 0.00537. The molecule has 1 unspecified atom stereocenters. The molecule has 0 heterocycles. The van der Waals surface area contributed by atoms with E-state index in [0.29, 0.717) is 11.8 Å². The maximum Gasteiger partial charge on any atom is 0.342 e. The first-order valence-corrected chi connectivity index (χ1v) is 12.5. The molecule has 0 spiro atoms. The number of phenols is 2. The van der Waals surface area contributed by atoms with E-state index in [1.165, 1.54) is 24.3 Å². The molecule has 0 aliphatic rings. The normalized spacial score (nSPS) is 10.5. The van der Waals surface area contributed by atoms with Crippen molar-refractivity contribution in [3.05, 3.63) is 65.2 Å². The van der Waals surface area contributed by atoms with Crippen LogP contribution in [-0.4, -0.2) is 39.6 Å². The third kappa shape index (κ3) is 11.4. The van der Waals surface area contributed by atoms with Gasteiger partial charge in [0.2, 0.25) is 0 Å². The molecule has 0 saturated carbocycles. The summed E-state index contributed by atoms with van der Waals surface area (Å²) in [5, 5.41) is 19.0. The van der Waals surface area contributed by atoms with Gasteiger partial charge in [-0.2, -0.15) is 0 Å². The number of ether oxygens (including phenoxy) is 2. The molecule has 186 valence electrons. The molecule has 0 aromatic heterocycles. The topological polar surface area (TPSA) is 110 Å². The molecule has 0 bridgehead atoms. The third-order valence-electron chi connectivity index (χ3n) is 3.65. The van der Waals surface area contributed by atoms with Crippen LogP contribution in [0.2, 0.25) is 0 Å². The summed E-state index contributed by atoms with van der Waals surface area (Å²) in [5.74, 6) is -1.46. The van der Waals surface area contributed by atoms with Crippen molar-refractivity contribution in [2.45, 2.75) is 52.7 Å². The van der Waals surface area contributed by atoms with Gasteiger partial charge in [-0.05, 0) is 77.4 Å². The van der Waals surface area contributed by atoms with Crippen LogP contribution in [0, 0.1) is 0 Å². The number of hydrogen-bond donors (Lipinski definition) is 2. The first-order chi connectivity index (χ1) is 15.7. The lowest BCUT2D eigenvalue weighted by Crippen LogP contribution is -2.24. The van der Waals surface area contributed by atoms with Gasteiger partial charge in [-0.3, -0.25) is 4.79 Å². The number of carbonyl (C=O) groups excluding carboxylic acids is 3. The molecular formula is C25H33O7P2-. The van der Waals surface area contributed by atoms with Crippen molar-refractivity contribution in [2.75, 3.05) is 0 Å². The van der Waals surface area contributed by atoms with Crippen LogP contribution in [0.4, 0.5) is 0 Å². The molecule has 7 nitrogen and oxygen atoms in total. The number of aldehydes is 1. The highest BCUT2D eigenvalue weighted by Crippen LogP contribution is 2.23. The minimum Gasteiger partial charge on any atom is -0.533 e. The van der Waals surface area contributed by atoms with Gasteiger partial charge in [0.25, 0.3) is 0 Å². The zero-order chi connectivity index (χ0) is 26.7. The fourth-order valence-corrected chi connectivity index (χ4v) is 2.30. The molecule has 2 rings (SSSR count). The fraction of sp³-hybridized carbons (Fsp3) is 0.320. The second-order valence-electron chi connectivity index (χ2n) is 8.88. The van der Waals surface area contributed by atoms with Crippen LogP contribution in [0.25, 0.3) is 6.08 Å². The van der Waals surface area contributed by atoms with Gasteiger partial charge in [0.1, 0.15) is 40.1 Å². The number of phenolic OH excluding ortho intramolecular Hbond substituents is 2. The van der Waals surface area contributed by atoms with E-state index in [1.54, 1.807) is 59.8 Å². The van der Waals surface area contributed by atoms with E-state index >= 15 is 0 Å². The van der Waals surface area contributed by atoms with E-state index in [2.05, 4.69) is 24.4 Å². The zero-order valence-corrected chi connectivity index (χ0v) is 22.5. The Kier molecular flexibility index (Phi) is 12.7. The minimum absolute atomic E-state index is 0.000440. The molecule has 0 aliphatic carbocycles. The second kappa shape index (κ2) is 13.8. The summed E-state index contributed by atoms with van der Waals surface area (Å²) >= 11 is 0. The molecule has 2 aromatic rings. The first-order valence-electron chi connectivity index (χ1n) is 10.2. The maximum absolute atomic E-state index is 11.7. The molecule has 0 saturated heterocycles. The quantitative estimate of drug-likeness (QED) is 0.294. The number of esters is 2. The number of rotatable bonds is 4. The molecule has 1 atom stereocenters. The Hall–Kier alpha value is -2.75. The Morgan fingerprint density at radius 2 is 1.18 bits per heavy atom. The number of hydrogen-bond acceptors (Lipinski definition) is 7. The zero-order valence-electron chi connectivity index (χ0n) is 20.3. The summed E-state index contributed by atoms with van der Waals surface area (Å²) in [5.41, 5.74) is 0.0261. The summed E-state index contributed by atoms with van der Waals surface area (Å²) in [7, 11) is 5.11. The molecule has 0 radical (unpaired) electrons. The van der Waals surface area contributed by atoms with Gasteiger partial charge in [0.05, 0.1) is 0 Å². The Balaban J connectivity index is 0.000000597. The van der Waals surface area contributed by atoms with Crippen LogP contribution in [0.15, 0.2) is 43.0 Å². The van der Waals surface area contributed by atoms with E-state index < -0.39 is 23.1 Å². The van der Waals surface area contributed by atoms with Gasteiger partial charge < -0.3 is 37.5 Å². The largest absolute Gasteiger partial charge is 0.533 e. The van der Waals surface area contributed by atoms with Gasteiger partial charge in [-0.25, -0.2) is 9.59 Å². The van der Waals surface area contributed by atoms with Crippen LogP contribution in [0.3, 0.4) is 0 Å². The van der Waals surface area contributed by atoms with E-state index in [0.717, 1.165) is 5.56 Å². The van der Waals surface area contributed by atoms with Crippen molar-refractivity contribution in [1.82, 2.24) is 0 Å². The Labute approximate surface area is 205 Å². The fourth-order valence-electron chi connectivity index (χ4n) is 2.30. The molecule has 0 fully saturated rings. The predicted molar refractivity (Wildman–Crippen MR) is 140 cm³/mol. The van der Waals surface area contributed by atoms with Crippen molar-refractivity contribution in [1.29, 1.82) is 0 Å². The second-order valence-corrected chi connectivity index (χ2v) is 8.88. The van der Waals surface area contributed by atoms with E-state index in [9.17, 15) is 24.6 Å². The monoisotopic (exact) mass is 507 g/mol. The van der Waals surface area contributed by atoms with E-state index in [-0.39, 0.29) is 22.6 Å². The molecule has 2 aromatic carbocycles. The van der Waals surface area contributed by atoms with Gasteiger partial charge in [0, 0.05) is 5.56 Å². The highest BCUT2D eigenvalue weighted by atomic mass is 32.0.